The predicted molar refractivity (Wildman–Crippen MR) is 11.6 cm³/mol. The van der Waals surface area contributed by atoms with Crippen molar-refractivity contribution >= 4 is 45.5 Å². The molecular weight excluding hydrogens is 327 g/mol. The van der Waals surface area contributed by atoms with Gasteiger partial charge in [0.1, 0.15) is 0 Å². The van der Waals surface area contributed by atoms with Gasteiger partial charge >= 0.3 is 45.5 Å². The Morgan fingerprint density at radius 2 is 1.25 bits per heavy atom. The Morgan fingerprint density at radius 3 is 1.25 bits per heavy atom. The van der Waals surface area contributed by atoms with Crippen LogP contribution in [0.4, 0.5) is 0 Å². The van der Waals surface area contributed by atoms with Gasteiger partial charge in [0.05, 0.1) is 0 Å². The van der Waals surface area contributed by atoms with Crippen LogP contribution < -0.4 is 0 Å². The Bertz CT molecular complexity index is 13.5. The summed E-state index contributed by atoms with van der Waals surface area (Å²) in [4.78, 5) is 0. The fourth-order valence-electron chi connectivity index (χ4n) is 0. The van der Waals surface area contributed by atoms with Crippen LogP contribution in [-0.4, -0.2) is 51.0 Å². The van der Waals surface area contributed by atoms with Gasteiger partial charge in [-0.3, -0.25) is 0 Å². The molecule has 2 N–H and O–H groups in total. The third-order valence-corrected chi connectivity index (χ3v) is 0. The average Bonchev–Trinajstić information content (AvgIpc) is 0. The molecule has 0 saturated heterocycles. The second kappa shape index (κ2) is 16.4. The minimum absolute atomic E-state index is 0. The van der Waals surface area contributed by atoms with Crippen LogP contribution in [-0.2, 0) is 17.1 Å². The fourth-order valence-corrected chi connectivity index (χ4v) is 0. The van der Waals surface area contributed by atoms with Crippen LogP contribution in [0, 0.1) is 36.9 Å². The monoisotopic (exact) mass is 332 g/mol. The normalized spacial score (nSPS) is 0. The Hall–Kier alpha value is 3.19. The molecule has 0 spiro atoms. The molecule has 0 aliphatic carbocycles. The van der Waals surface area contributed by atoms with E-state index in [1.807, 2.05) is 0 Å². The zero-order chi connectivity index (χ0) is 0. The van der Waals surface area contributed by atoms with Crippen LogP contribution in [0.1, 0.15) is 2.85 Å². The van der Waals surface area contributed by atoms with Gasteiger partial charge in [-0.2, -0.15) is 0 Å². The van der Waals surface area contributed by atoms with Gasteiger partial charge in [-0.1, -0.05) is 0 Å². The van der Waals surface area contributed by atoms with Gasteiger partial charge in [0.2, 0.25) is 0 Å². The Labute approximate surface area is 105 Å². The van der Waals surface area contributed by atoms with Crippen molar-refractivity contribution in [3.05, 3.63) is 0 Å². The molecule has 0 atom stereocenters. The second-order valence-electron chi connectivity index (χ2n) is 0. The first-order valence-electron chi connectivity index (χ1n) is 0. The minimum Gasteiger partial charge on any atom is -1.00 e. The molecule has 0 heterocycles. The third-order valence-electron chi connectivity index (χ3n) is 0. The van der Waals surface area contributed by atoms with E-state index in [1.54, 1.807) is 0 Å². The molecule has 0 unspecified atom stereocenters. The maximum absolute atomic E-state index is 0. The van der Waals surface area contributed by atoms with E-state index in [2.05, 4.69) is 0 Å². The van der Waals surface area contributed by atoms with Gasteiger partial charge in [0.25, 0.3) is 0 Å². The summed E-state index contributed by atoms with van der Waals surface area (Å²) in [5.41, 5.74) is 0. The largest absolute Gasteiger partial charge is 2.00 e. The SMILES string of the molecule is O.[H-].[H-].[Mn].[Sr+2].[Tm]. The molecule has 0 aromatic rings. The zero-order valence-electron chi connectivity index (χ0n) is 3.86. The van der Waals surface area contributed by atoms with Crippen molar-refractivity contribution in [1.82, 2.24) is 0 Å². The quantitative estimate of drug-likeness (QED) is 0.511. The first-order chi connectivity index (χ1) is 0. The van der Waals surface area contributed by atoms with Crippen molar-refractivity contribution in [2.24, 2.45) is 0 Å². The van der Waals surface area contributed by atoms with Gasteiger partial charge in [-0.15, -0.1) is 0 Å². The molecule has 0 saturated carbocycles. The van der Waals surface area contributed by atoms with Crippen LogP contribution in [0.15, 0.2) is 0 Å². The molecule has 0 aromatic heterocycles. The smallest absolute Gasteiger partial charge is 1.00 e. The number of rotatable bonds is 0. The standard InChI is InChI=1S/Mn.H2O.Sr.Tm.2H/h;1H2;;;;/q;;+2;;2*-1. The fraction of sp³-hybridized carbons (Fsp3) is 0. The second-order valence-corrected chi connectivity index (χ2v) is 0. The topological polar surface area (TPSA) is 31.5 Å². The summed E-state index contributed by atoms with van der Waals surface area (Å²) >= 11 is 0. The van der Waals surface area contributed by atoms with Crippen molar-refractivity contribution in [2.45, 2.75) is 0 Å². The molecule has 0 aromatic carbocycles. The summed E-state index contributed by atoms with van der Waals surface area (Å²) < 4.78 is 0. The first kappa shape index (κ1) is 27.1. The minimum atomic E-state index is 0. The molecule has 4 heavy (non-hydrogen) atoms. The van der Waals surface area contributed by atoms with E-state index < -0.39 is 0 Å². The van der Waals surface area contributed by atoms with Crippen molar-refractivity contribution in [3.8, 4) is 0 Å². The van der Waals surface area contributed by atoms with Gasteiger partial charge in [-0.25, -0.2) is 0 Å². The van der Waals surface area contributed by atoms with E-state index in [0.29, 0.717) is 0 Å². The maximum Gasteiger partial charge on any atom is 2.00 e. The zero-order valence-corrected chi connectivity index (χ0v) is 8.30. The van der Waals surface area contributed by atoms with Gasteiger partial charge < -0.3 is 8.33 Å². The summed E-state index contributed by atoms with van der Waals surface area (Å²) in [7, 11) is 0. The van der Waals surface area contributed by atoms with Gasteiger partial charge in [0, 0.05) is 53.9 Å². The number of hydrogen-bond acceptors (Lipinski definition) is 0. The summed E-state index contributed by atoms with van der Waals surface area (Å²) in [6, 6.07) is 0. The molecule has 0 bridgehead atoms. The Morgan fingerprint density at radius 1 is 1.25 bits per heavy atom. The van der Waals surface area contributed by atoms with Crippen LogP contribution >= 0.6 is 0 Å². The molecule has 0 aliphatic rings. The van der Waals surface area contributed by atoms with E-state index in [0.717, 1.165) is 0 Å². The van der Waals surface area contributed by atoms with E-state index in [9.17, 15) is 0 Å². The van der Waals surface area contributed by atoms with Crippen LogP contribution in [0.2, 0.25) is 0 Å². The predicted octanol–water partition coefficient (Wildman–Crippen LogP) is -0.983. The molecule has 2 radical (unpaired) electrons. The van der Waals surface area contributed by atoms with E-state index in [-0.39, 0.29) is 108 Å². The van der Waals surface area contributed by atoms with Gasteiger partial charge in [0.15, 0.2) is 0 Å². The molecule has 4 heteroatoms. The number of hydrogen-bond donors (Lipinski definition) is 0. The van der Waals surface area contributed by atoms with E-state index >= 15 is 0 Å². The summed E-state index contributed by atoms with van der Waals surface area (Å²) in [5.74, 6) is 0. The van der Waals surface area contributed by atoms with Crippen LogP contribution in [0.3, 0.4) is 0 Å². The molecule has 32 valence electrons. The molecule has 1 nitrogen and oxygen atoms in total. The average molecular weight is 332 g/mol. The summed E-state index contributed by atoms with van der Waals surface area (Å²) in [6.45, 7) is 0. The summed E-state index contributed by atoms with van der Waals surface area (Å²) in [5, 5.41) is 0. The molecule has 0 rings (SSSR count). The molecular formula is H4MnOSrTm. The van der Waals surface area contributed by atoms with Gasteiger partial charge in [-0.05, 0) is 0 Å². The Balaban J connectivity index is 0. The van der Waals surface area contributed by atoms with Crippen LogP contribution in [0.25, 0.3) is 0 Å². The van der Waals surface area contributed by atoms with Crippen molar-refractivity contribution < 1.29 is 62.3 Å². The van der Waals surface area contributed by atoms with Crippen molar-refractivity contribution in [2.75, 3.05) is 0 Å². The van der Waals surface area contributed by atoms with E-state index in [1.165, 1.54) is 0 Å². The van der Waals surface area contributed by atoms with Crippen molar-refractivity contribution in [1.29, 1.82) is 0 Å². The maximum atomic E-state index is 0. The molecule has 0 aliphatic heterocycles. The van der Waals surface area contributed by atoms with Crippen LogP contribution in [0.5, 0.6) is 0 Å². The Kier molecular flexibility index (Phi) is 111. The molecule has 0 fully saturated rings. The van der Waals surface area contributed by atoms with E-state index in [4.69, 9.17) is 0 Å². The third kappa shape index (κ3) is 8.96. The first-order valence-corrected chi connectivity index (χ1v) is 0. The summed E-state index contributed by atoms with van der Waals surface area (Å²) in [6.07, 6.45) is 0. The molecule has 0 amide bonds. The van der Waals surface area contributed by atoms with Crippen molar-refractivity contribution in [3.63, 3.8) is 0 Å².